The molecule has 0 amide bonds. The first-order valence-electron chi connectivity index (χ1n) is 14.3. The quantitative estimate of drug-likeness (QED) is 0.0807. The fraction of sp³-hybridized carbons (Fsp3) is 0.485. The summed E-state index contributed by atoms with van der Waals surface area (Å²) in [5, 5.41) is 0. The molecule has 0 aliphatic carbocycles. The van der Waals surface area contributed by atoms with E-state index in [4.69, 9.17) is 18.9 Å². The maximum absolute atomic E-state index is 12.6. The lowest BCUT2D eigenvalue weighted by molar-refractivity contribution is -0.154. The normalized spacial score (nSPS) is 11.2. The van der Waals surface area contributed by atoms with E-state index in [2.05, 4.69) is 4.74 Å². The Bertz CT molecular complexity index is 1130. The zero-order valence-electron chi connectivity index (χ0n) is 25.0. The van der Waals surface area contributed by atoms with Gasteiger partial charge in [0.2, 0.25) is 0 Å². The molecule has 0 fully saturated rings. The molecule has 0 saturated carbocycles. The van der Waals surface area contributed by atoms with Crippen LogP contribution in [-0.2, 0) is 19.1 Å². The Morgan fingerprint density at radius 3 is 2.05 bits per heavy atom. The van der Waals surface area contributed by atoms with Crippen LogP contribution in [0.15, 0.2) is 48.5 Å². The van der Waals surface area contributed by atoms with E-state index in [1.54, 1.807) is 48.5 Å². The molecule has 2 aromatic rings. The summed E-state index contributed by atoms with van der Waals surface area (Å²) in [5.74, 6) is 0.236. The second-order valence-corrected chi connectivity index (χ2v) is 10.4. The summed E-state index contributed by atoms with van der Waals surface area (Å²) in [6.07, 6.45) is 11.1. The van der Waals surface area contributed by atoms with Gasteiger partial charge in [0.05, 0.1) is 38.4 Å². The van der Waals surface area contributed by atoms with Gasteiger partial charge in [-0.05, 0) is 81.1 Å². The van der Waals surface area contributed by atoms with E-state index in [1.807, 2.05) is 20.8 Å². The van der Waals surface area contributed by atoms with E-state index in [0.717, 1.165) is 51.4 Å². The molecule has 0 unspecified atom stereocenters. The van der Waals surface area contributed by atoms with Crippen molar-refractivity contribution in [2.75, 3.05) is 27.4 Å². The number of unbranched alkanes of at least 4 members (excludes halogenated alkanes) is 6. The van der Waals surface area contributed by atoms with E-state index in [0.29, 0.717) is 35.8 Å². The molecule has 0 bridgehead atoms. The number of carbonyl (C=O) groups excluding carboxylic acids is 3. The second-order valence-electron chi connectivity index (χ2n) is 10.4. The van der Waals surface area contributed by atoms with Crippen molar-refractivity contribution in [3.05, 3.63) is 59.7 Å². The average Bonchev–Trinajstić information content (AvgIpc) is 2.99. The molecule has 0 aliphatic heterocycles. The minimum Gasteiger partial charge on any atom is -0.494 e. The molecule has 8 nitrogen and oxygen atoms in total. The van der Waals surface area contributed by atoms with Crippen LogP contribution < -0.4 is 14.2 Å². The molecule has 41 heavy (non-hydrogen) atoms. The highest BCUT2D eigenvalue weighted by molar-refractivity contribution is 5.91. The summed E-state index contributed by atoms with van der Waals surface area (Å²) < 4.78 is 26.6. The van der Waals surface area contributed by atoms with Gasteiger partial charge < -0.3 is 23.7 Å². The largest absolute Gasteiger partial charge is 0.494 e. The number of benzene rings is 2. The van der Waals surface area contributed by atoms with Gasteiger partial charge >= 0.3 is 17.9 Å². The van der Waals surface area contributed by atoms with E-state index < -0.39 is 17.4 Å². The van der Waals surface area contributed by atoms with Crippen molar-refractivity contribution < 1.29 is 38.1 Å². The zero-order chi connectivity index (χ0) is 30.1. The van der Waals surface area contributed by atoms with Gasteiger partial charge in [0.1, 0.15) is 5.75 Å². The predicted molar refractivity (Wildman–Crippen MR) is 158 cm³/mol. The van der Waals surface area contributed by atoms with Gasteiger partial charge in [-0.3, -0.25) is 4.79 Å². The molecule has 224 valence electrons. The third-order valence-electron chi connectivity index (χ3n) is 6.82. The Balaban J connectivity index is 1.64. The molecule has 0 aliphatic rings. The summed E-state index contributed by atoms with van der Waals surface area (Å²) in [7, 11) is 2.78. The van der Waals surface area contributed by atoms with Crippen LogP contribution in [0.25, 0.3) is 6.08 Å². The predicted octanol–water partition coefficient (Wildman–Crippen LogP) is 7.19. The van der Waals surface area contributed by atoms with Gasteiger partial charge in [0.25, 0.3) is 0 Å². The molecule has 8 heteroatoms. The van der Waals surface area contributed by atoms with Crippen LogP contribution in [-0.4, -0.2) is 45.3 Å². The number of carbonyl (C=O) groups is 3. The number of hydrogen-bond acceptors (Lipinski definition) is 8. The minimum absolute atomic E-state index is 0.107. The van der Waals surface area contributed by atoms with Crippen LogP contribution in [0.4, 0.5) is 0 Å². The van der Waals surface area contributed by atoms with Crippen molar-refractivity contribution in [1.82, 2.24) is 0 Å². The van der Waals surface area contributed by atoms with E-state index in [1.165, 1.54) is 20.3 Å². The van der Waals surface area contributed by atoms with Crippen molar-refractivity contribution in [3.8, 4) is 17.2 Å². The lowest BCUT2D eigenvalue weighted by Gasteiger charge is -2.20. The average molecular weight is 569 g/mol. The molecule has 0 saturated heterocycles. The second kappa shape index (κ2) is 17.8. The first kappa shape index (κ1) is 33.4. The van der Waals surface area contributed by atoms with Crippen molar-refractivity contribution in [2.24, 2.45) is 5.41 Å². The number of methoxy groups -OCH3 is 2. The Morgan fingerprint density at radius 2 is 1.44 bits per heavy atom. The van der Waals surface area contributed by atoms with Crippen molar-refractivity contribution in [2.45, 2.75) is 72.1 Å². The first-order valence-corrected chi connectivity index (χ1v) is 14.3. The molecular weight excluding hydrogens is 524 g/mol. The molecule has 0 aromatic heterocycles. The molecule has 0 spiro atoms. The summed E-state index contributed by atoms with van der Waals surface area (Å²) >= 11 is 0. The number of hydrogen-bond donors (Lipinski definition) is 0. The monoisotopic (exact) mass is 568 g/mol. The van der Waals surface area contributed by atoms with Gasteiger partial charge in [-0.2, -0.15) is 0 Å². The van der Waals surface area contributed by atoms with Gasteiger partial charge in [-0.1, -0.05) is 45.1 Å². The van der Waals surface area contributed by atoms with Crippen LogP contribution in [0, 0.1) is 5.41 Å². The third kappa shape index (κ3) is 12.1. The highest BCUT2D eigenvalue weighted by Crippen LogP contribution is 2.29. The fourth-order valence-electron chi connectivity index (χ4n) is 3.73. The first-order chi connectivity index (χ1) is 19.7. The van der Waals surface area contributed by atoms with Crippen LogP contribution in [0.5, 0.6) is 17.2 Å². The molecule has 2 rings (SSSR count). The Kier molecular flexibility index (Phi) is 14.5. The molecule has 2 aromatic carbocycles. The van der Waals surface area contributed by atoms with Crippen molar-refractivity contribution in [3.63, 3.8) is 0 Å². The van der Waals surface area contributed by atoms with Crippen LogP contribution in [0.2, 0.25) is 0 Å². The Labute approximate surface area is 244 Å². The van der Waals surface area contributed by atoms with Gasteiger partial charge in [-0.15, -0.1) is 0 Å². The van der Waals surface area contributed by atoms with Gasteiger partial charge in [-0.25, -0.2) is 9.59 Å². The molecule has 0 atom stereocenters. The van der Waals surface area contributed by atoms with Crippen molar-refractivity contribution in [1.29, 1.82) is 0 Å². The summed E-state index contributed by atoms with van der Waals surface area (Å²) in [5.41, 5.74) is 0.685. The number of rotatable bonds is 18. The maximum atomic E-state index is 12.6. The van der Waals surface area contributed by atoms with E-state index in [9.17, 15) is 14.4 Å². The highest BCUT2D eigenvalue weighted by atomic mass is 16.6. The van der Waals surface area contributed by atoms with E-state index >= 15 is 0 Å². The zero-order valence-corrected chi connectivity index (χ0v) is 25.0. The Hall–Kier alpha value is -3.81. The third-order valence-corrected chi connectivity index (χ3v) is 6.82. The summed E-state index contributed by atoms with van der Waals surface area (Å²) in [6, 6.07) is 11.8. The highest BCUT2D eigenvalue weighted by Gasteiger charge is 2.26. The minimum atomic E-state index is -0.518. The molecular formula is C33H44O8. The van der Waals surface area contributed by atoms with Gasteiger partial charge in [0, 0.05) is 6.08 Å². The molecule has 0 heterocycles. The SMILES string of the molecule is CCC(C)(C)C(=O)OCCCCCCCCCOc1ccc(C(=O)Oc2ccc(/C=C/C(=O)OC)cc2OC)cc1. The van der Waals surface area contributed by atoms with Crippen LogP contribution >= 0.6 is 0 Å². The lowest BCUT2D eigenvalue weighted by atomic mass is 9.91. The van der Waals surface area contributed by atoms with Crippen LogP contribution in [0.1, 0.15) is 88.1 Å². The maximum Gasteiger partial charge on any atom is 0.343 e. The topological polar surface area (TPSA) is 97.4 Å². The summed E-state index contributed by atoms with van der Waals surface area (Å²) in [4.78, 5) is 35.9. The summed E-state index contributed by atoms with van der Waals surface area (Å²) in [6.45, 7) is 6.95. The fourth-order valence-corrected chi connectivity index (χ4v) is 3.73. The van der Waals surface area contributed by atoms with E-state index in [-0.39, 0.29) is 11.7 Å². The Morgan fingerprint density at radius 1 is 0.805 bits per heavy atom. The van der Waals surface area contributed by atoms with Gasteiger partial charge in [0.15, 0.2) is 11.5 Å². The molecule has 0 radical (unpaired) electrons. The smallest absolute Gasteiger partial charge is 0.343 e. The standard InChI is InChI=1S/C33H44O8/c1-6-33(2,3)32(36)40-23-13-11-9-7-8-10-12-22-39-27-18-16-26(17-19-27)31(35)41-28-20-14-25(24-29(28)37-4)15-21-30(34)38-5/h14-21,24H,6-13,22-23H2,1-5H3/b21-15+. The van der Waals surface area contributed by atoms with Crippen LogP contribution in [0.3, 0.4) is 0 Å². The number of ether oxygens (including phenoxy) is 5. The molecule has 0 N–H and O–H groups in total. The van der Waals surface area contributed by atoms with Crippen molar-refractivity contribution >= 4 is 24.0 Å². The number of esters is 3. The lowest BCUT2D eigenvalue weighted by Crippen LogP contribution is -2.26.